The highest BCUT2D eigenvalue weighted by atomic mass is 16.5. The summed E-state index contributed by atoms with van der Waals surface area (Å²) < 4.78 is 5.20. The Kier molecular flexibility index (Phi) is 6.57. The number of ether oxygens (including phenoxy) is 1. The number of esters is 1. The first-order chi connectivity index (χ1) is 6.91. The van der Waals surface area contributed by atoms with Crippen molar-refractivity contribution in [2.45, 2.75) is 59.5 Å². The smallest absolute Gasteiger partial charge is 0.306 e. The average Bonchev–Trinajstić information content (AvgIpc) is 2.15. The zero-order valence-electron chi connectivity index (χ0n) is 10.5. The minimum Gasteiger partial charge on any atom is -0.463 e. The van der Waals surface area contributed by atoms with Crippen LogP contribution in [-0.2, 0) is 9.53 Å². The van der Waals surface area contributed by atoms with Gasteiger partial charge < -0.3 is 10.5 Å². The lowest BCUT2D eigenvalue weighted by Crippen LogP contribution is -2.20. The zero-order chi connectivity index (χ0) is 11.9. The van der Waals surface area contributed by atoms with Crippen LogP contribution >= 0.6 is 0 Å². The Balaban J connectivity index is 3.79. The van der Waals surface area contributed by atoms with Crippen molar-refractivity contribution in [1.82, 2.24) is 0 Å². The first-order valence-corrected chi connectivity index (χ1v) is 5.81. The number of rotatable bonds is 7. The summed E-state index contributed by atoms with van der Waals surface area (Å²) in [6.07, 6.45) is 3.20. The van der Waals surface area contributed by atoms with Gasteiger partial charge in [-0.2, -0.15) is 0 Å². The van der Waals surface area contributed by atoms with Gasteiger partial charge in [-0.1, -0.05) is 20.8 Å². The lowest BCUT2D eigenvalue weighted by molar-refractivity contribution is -0.149. The predicted molar refractivity (Wildman–Crippen MR) is 62.5 cm³/mol. The monoisotopic (exact) mass is 215 g/mol. The molecule has 1 unspecified atom stereocenters. The summed E-state index contributed by atoms with van der Waals surface area (Å²) >= 11 is 0. The van der Waals surface area contributed by atoms with Crippen LogP contribution in [0, 0.1) is 5.41 Å². The van der Waals surface area contributed by atoms with Gasteiger partial charge in [-0.3, -0.25) is 4.79 Å². The van der Waals surface area contributed by atoms with Gasteiger partial charge in [-0.05, 0) is 38.1 Å². The standard InChI is InChI=1S/C12H25NO2/c1-5-10(2)15-11(14)6-7-12(3,4)8-9-13/h10H,5-9,13H2,1-4H3. The minimum absolute atomic E-state index is 0.0371. The van der Waals surface area contributed by atoms with Gasteiger partial charge in [-0.25, -0.2) is 0 Å². The third kappa shape index (κ3) is 7.37. The summed E-state index contributed by atoms with van der Waals surface area (Å²) in [7, 11) is 0. The van der Waals surface area contributed by atoms with Crippen LogP contribution in [-0.4, -0.2) is 18.6 Å². The van der Waals surface area contributed by atoms with Gasteiger partial charge in [0.05, 0.1) is 6.10 Å². The fraction of sp³-hybridized carbons (Fsp3) is 0.917. The summed E-state index contributed by atoms with van der Waals surface area (Å²) in [5.41, 5.74) is 5.65. The number of hydrogen-bond donors (Lipinski definition) is 1. The molecule has 0 aliphatic carbocycles. The van der Waals surface area contributed by atoms with Crippen LogP contribution in [0.25, 0.3) is 0 Å². The molecule has 0 radical (unpaired) electrons. The van der Waals surface area contributed by atoms with Crippen molar-refractivity contribution >= 4 is 5.97 Å². The highest BCUT2D eigenvalue weighted by Crippen LogP contribution is 2.26. The van der Waals surface area contributed by atoms with Gasteiger partial charge in [0.2, 0.25) is 0 Å². The van der Waals surface area contributed by atoms with Gasteiger partial charge in [0, 0.05) is 6.42 Å². The molecule has 0 saturated heterocycles. The average molecular weight is 215 g/mol. The Morgan fingerprint density at radius 1 is 1.40 bits per heavy atom. The van der Waals surface area contributed by atoms with Crippen LogP contribution in [0.3, 0.4) is 0 Å². The van der Waals surface area contributed by atoms with E-state index in [4.69, 9.17) is 10.5 Å². The predicted octanol–water partition coefficient (Wildman–Crippen LogP) is 2.48. The van der Waals surface area contributed by atoms with Gasteiger partial charge in [0.15, 0.2) is 0 Å². The van der Waals surface area contributed by atoms with E-state index < -0.39 is 0 Å². The van der Waals surface area contributed by atoms with Crippen molar-refractivity contribution in [1.29, 1.82) is 0 Å². The fourth-order valence-electron chi connectivity index (χ4n) is 1.32. The van der Waals surface area contributed by atoms with Crippen LogP contribution in [0.5, 0.6) is 0 Å². The molecule has 0 aliphatic heterocycles. The fourth-order valence-corrected chi connectivity index (χ4v) is 1.32. The molecule has 3 nitrogen and oxygen atoms in total. The summed E-state index contributed by atoms with van der Waals surface area (Å²) in [5, 5.41) is 0. The third-order valence-electron chi connectivity index (χ3n) is 2.73. The highest BCUT2D eigenvalue weighted by molar-refractivity contribution is 5.69. The van der Waals surface area contributed by atoms with Crippen LogP contribution in [0.2, 0.25) is 0 Å². The molecule has 0 heterocycles. The highest BCUT2D eigenvalue weighted by Gasteiger charge is 2.19. The molecule has 3 heteroatoms. The van der Waals surface area contributed by atoms with Gasteiger partial charge >= 0.3 is 5.97 Å². The maximum absolute atomic E-state index is 11.4. The third-order valence-corrected chi connectivity index (χ3v) is 2.73. The van der Waals surface area contributed by atoms with Crippen molar-refractivity contribution in [3.05, 3.63) is 0 Å². The second-order valence-corrected chi connectivity index (χ2v) is 4.91. The number of nitrogens with two attached hydrogens (primary N) is 1. The van der Waals surface area contributed by atoms with E-state index in [0.29, 0.717) is 13.0 Å². The van der Waals surface area contributed by atoms with Crippen molar-refractivity contribution in [3.8, 4) is 0 Å². The SMILES string of the molecule is CCC(C)OC(=O)CCC(C)(C)CCN. The lowest BCUT2D eigenvalue weighted by Gasteiger charge is -2.23. The Morgan fingerprint density at radius 3 is 2.47 bits per heavy atom. The molecule has 15 heavy (non-hydrogen) atoms. The maximum atomic E-state index is 11.4. The van der Waals surface area contributed by atoms with Crippen LogP contribution in [0.15, 0.2) is 0 Å². The first kappa shape index (κ1) is 14.4. The second kappa shape index (κ2) is 6.83. The van der Waals surface area contributed by atoms with Crippen molar-refractivity contribution in [2.24, 2.45) is 11.1 Å². The number of carbonyl (C=O) groups excluding carboxylic acids is 1. The van der Waals surface area contributed by atoms with Crippen LogP contribution in [0.1, 0.15) is 53.4 Å². The molecule has 0 spiro atoms. The maximum Gasteiger partial charge on any atom is 0.306 e. The second-order valence-electron chi connectivity index (χ2n) is 4.91. The lowest BCUT2D eigenvalue weighted by atomic mass is 9.84. The molecule has 0 rings (SSSR count). The quantitative estimate of drug-likeness (QED) is 0.664. The molecule has 0 bridgehead atoms. The molecular formula is C12H25NO2. The topological polar surface area (TPSA) is 52.3 Å². The zero-order valence-corrected chi connectivity index (χ0v) is 10.5. The first-order valence-electron chi connectivity index (χ1n) is 5.81. The van der Waals surface area contributed by atoms with Crippen LogP contribution < -0.4 is 5.73 Å². The van der Waals surface area contributed by atoms with Crippen molar-refractivity contribution < 1.29 is 9.53 Å². The molecular weight excluding hydrogens is 190 g/mol. The summed E-state index contributed by atoms with van der Waals surface area (Å²) in [4.78, 5) is 11.4. The van der Waals surface area contributed by atoms with E-state index in [1.807, 2.05) is 13.8 Å². The van der Waals surface area contributed by atoms with E-state index in [0.717, 1.165) is 19.3 Å². The molecule has 2 N–H and O–H groups in total. The molecule has 0 aliphatic rings. The summed E-state index contributed by atoms with van der Waals surface area (Å²) in [6.45, 7) is 8.87. The molecule has 0 aromatic rings. The Hall–Kier alpha value is -0.570. The van der Waals surface area contributed by atoms with E-state index in [9.17, 15) is 4.79 Å². The van der Waals surface area contributed by atoms with E-state index >= 15 is 0 Å². The van der Waals surface area contributed by atoms with Crippen molar-refractivity contribution in [3.63, 3.8) is 0 Å². The molecule has 0 fully saturated rings. The van der Waals surface area contributed by atoms with E-state index in [2.05, 4.69) is 13.8 Å². The molecule has 0 aromatic heterocycles. The minimum atomic E-state index is -0.0885. The Morgan fingerprint density at radius 2 is 2.00 bits per heavy atom. The van der Waals surface area contributed by atoms with E-state index in [-0.39, 0.29) is 17.5 Å². The molecule has 0 amide bonds. The Labute approximate surface area is 93.4 Å². The molecule has 1 atom stereocenters. The molecule has 0 saturated carbocycles. The number of hydrogen-bond acceptors (Lipinski definition) is 3. The largest absolute Gasteiger partial charge is 0.463 e. The molecule has 0 aromatic carbocycles. The van der Waals surface area contributed by atoms with E-state index in [1.165, 1.54) is 0 Å². The van der Waals surface area contributed by atoms with E-state index in [1.54, 1.807) is 0 Å². The van der Waals surface area contributed by atoms with Gasteiger partial charge in [0.25, 0.3) is 0 Å². The van der Waals surface area contributed by atoms with Crippen molar-refractivity contribution in [2.75, 3.05) is 6.54 Å². The summed E-state index contributed by atoms with van der Waals surface area (Å²) in [6, 6.07) is 0. The van der Waals surface area contributed by atoms with Crippen LogP contribution in [0.4, 0.5) is 0 Å². The van der Waals surface area contributed by atoms with Gasteiger partial charge in [0.1, 0.15) is 0 Å². The van der Waals surface area contributed by atoms with Gasteiger partial charge in [-0.15, -0.1) is 0 Å². The summed E-state index contributed by atoms with van der Waals surface area (Å²) in [5.74, 6) is -0.0885. The Bertz CT molecular complexity index is 190. The number of carbonyl (C=O) groups is 1. The normalized spacial score (nSPS) is 13.7. The molecule has 90 valence electrons.